The molecule has 0 bridgehead atoms. The minimum absolute atomic E-state index is 1.16. The summed E-state index contributed by atoms with van der Waals surface area (Å²) in [7, 11) is 0. The van der Waals surface area contributed by atoms with E-state index in [9.17, 15) is 0 Å². The minimum atomic E-state index is 1.16. The Kier molecular flexibility index (Phi) is 4.68. The minimum Gasteiger partial charge on any atom is -0.405 e. The van der Waals surface area contributed by atoms with Gasteiger partial charge < -0.3 is 14.9 Å². The van der Waals surface area contributed by atoms with Crippen LogP contribution in [0.25, 0.3) is 76.9 Å². The second-order valence-electron chi connectivity index (χ2n) is 11.2. The first-order chi connectivity index (χ1) is 20.7. The third-order valence-corrected chi connectivity index (χ3v) is 9.08. The third kappa shape index (κ3) is 3.00. The van der Waals surface area contributed by atoms with Crippen LogP contribution in [0.1, 0.15) is 18.1 Å². The van der Waals surface area contributed by atoms with Crippen molar-refractivity contribution in [2.75, 3.05) is 0 Å². The van der Waals surface area contributed by atoms with Crippen molar-refractivity contribution >= 4 is 65.5 Å². The first-order valence-corrected chi connectivity index (χ1v) is 14.4. The summed E-state index contributed by atoms with van der Waals surface area (Å²) in [4.78, 5) is 0. The molecule has 0 amide bonds. The predicted molar refractivity (Wildman–Crippen MR) is 178 cm³/mol. The molecule has 2 N–H and O–H groups in total. The Balaban J connectivity index is 1.34. The first-order valence-electron chi connectivity index (χ1n) is 14.4. The van der Waals surface area contributed by atoms with Crippen LogP contribution in [0, 0.1) is 0 Å². The van der Waals surface area contributed by atoms with Crippen LogP contribution in [-0.2, 0) is 0 Å². The van der Waals surface area contributed by atoms with Crippen molar-refractivity contribution in [2.24, 2.45) is 5.73 Å². The van der Waals surface area contributed by atoms with Crippen molar-refractivity contribution in [3.63, 3.8) is 0 Å². The molecule has 0 fully saturated rings. The number of fused-ring (bicyclic) bond motifs is 6. The zero-order valence-electron chi connectivity index (χ0n) is 23.2. The zero-order chi connectivity index (χ0) is 27.9. The number of rotatable bonds is 3. The molecular weight excluding hydrogens is 510 g/mol. The van der Waals surface area contributed by atoms with Crippen LogP contribution in [0.3, 0.4) is 0 Å². The number of benzene rings is 6. The van der Waals surface area contributed by atoms with E-state index in [-0.39, 0.29) is 0 Å². The summed E-state index contributed by atoms with van der Waals surface area (Å²) < 4.78 is 4.81. The normalized spacial score (nSPS) is 13.3. The summed E-state index contributed by atoms with van der Waals surface area (Å²) in [5.74, 6) is 0. The van der Waals surface area contributed by atoms with E-state index in [1.165, 1.54) is 82.3 Å². The second-order valence-corrected chi connectivity index (χ2v) is 11.2. The lowest BCUT2D eigenvalue weighted by atomic mass is 10.0. The summed E-state index contributed by atoms with van der Waals surface area (Å²) in [6, 6.07) is 44.3. The molecule has 8 aromatic rings. The van der Waals surface area contributed by atoms with E-state index < -0.39 is 0 Å². The molecule has 42 heavy (non-hydrogen) atoms. The standard InChI is InChI=1S/C39H27N3/c1-24-28(19-20-40)34-23-27(21-25-9-8-13-29(24)39(25)34)42-37-16-7-4-12-32(37)33-22-26(17-18-38(33)42)41-35-14-5-2-10-30(35)31-11-3-6-15-36(31)41/h2-23H,40H2,1H3/b20-19-. The number of allylic oxidation sites excluding steroid dienone is 3. The van der Waals surface area contributed by atoms with Crippen molar-refractivity contribution in [2.45, 2.75) is 6.92 Å². The molecule has 0 atom stereocenters. The van der Waals surface area contributed by atoms with Crippen LogP contribution in [0.15, 0.2) is 134 Å². The predicted octanol–water partition coefficient (Wildman–Crippen LogP) is 9.75. The molecule has 3 nitrogen and oxygen atoms in total. The molecule has 0 radical (unpaired) electrons. The van der Waals surface area contributed by atoms with Crippen molar-refractivity contribution in [1.82, 2.24) is 9.13 Å². The fourth-order valence-electron chi connectivity index (χ4n) is 7.30. The van der Waals surface area contributed by atoms with E-state index in [1.807, 2.05) is 6.08 Å². The van der Waals surface area contributed by atoms with Gasteiger partial charge in [0.1, 0.15) is 0 Å². The third-order valence-electron chi connectivity index (χ3n) is 9.08. The average molecular weight is 538 g/mol. The van der Waals surface area contributed by atoms with Crippen LogP contribution in [0.5, 0.6) is 0 Å². The van der Waals surface area contributed by atoms with Gasteiger partial charge in [-0.05, 0) is 101 Å². The molecule has 6 aromatic carbocycles. The summed E-state index contributed by atoms with van der Waals surface area (Å²) in [5, 5.41) is 7.58. The first kappa shape index (κ1) is 23.2. The number of aromatic nitrogens is 2. The van der Waals surface area contributed by atoms with Gasteiger partial charge >= 0.3 is 0 Å². The lowest BCUT2D eigenvalue weighted by Crippen LogP contribution is -1.97. The molecule has 0 spiro atoms. The second kappa shape index (κ2) is 8.48. The van der Waals surface area contributed by atoms with Gasteiger partial charge in [0, 0.05) is 32.9 Å². The highest BCUT2D eigenvalue weighted by Gasteiger charge is 2.22. The average Bonchev–Trinajstić information content (AvgIpc) is 3.64. The summed E-state index contributed by atoms with van der Waals surface area (Å²) in [6.45, 7) is 2.19. The van der Waals surface area contributed by atoms with Crippen LogP contribution in [0.2, 0.25) is 0 Å². The van der Waals surface area contributed by atoms with E-state index in [0.29, 0.717) is 0 Å². The molecule has 2 heterocycles. The van der Waals surface area contributed by atoms with Crippen LogP contribution in [-0.4, -0.2) is 9.13 Å². The van der Waals surface area contributed by atoms with E-state index in [4.69, 9.17) is 5.73 Å². The molecular formula is C39H27N3. The summed E-state index contributed by atoms with van der Waals surface area (Å²) in [6.07, 6.45) is 3.69. The van der Waals surface area contributed by atoms with Crippen LogP contribution < -0.4 is 5.73 Å². The highest BCUT2D eigenvalue weighted by Crippen LogP contribution is 2.45. The fourth-order valence-corrected chi connectivity index (χ4v) is 7.30. The van der Waals surface area contributed by atoms with Crippen LogP contribution >= 0.6 is 0 Å². The Morgan fingerprint density at radius 2 is 1.12 bits per heavy atom. The molecule has 0 saturated heterocycles. The van der Waals surface area contributed by atoms with E-state index >= 15 is 0 Å². The Morgan fingerprint density at radius 3 is 1.79 bits per heavy atom. The molecule has 3 heteroatoms. The number of nitrogens with two attached hydrogens (primary N) is 1. The van der Waals surface area contributed by atoms with Gasteiger partial charge in [-0.15, -0.1) is 0 Å². The van der Waals surface area contributed by atoms with E-state index in [0.717, 1.165) is 5.69 Å². The Labute approximate surface area is 243 Å². The highest BCUT2D eigenvalue weighted by atomic mass is 15.0. The Morgan fingerprint density at radius 1 is 0.524 bits per heavy atom. The number of hydrogen-bond acceptors (Lipinski definition) is 1. The van der Waals surface area contributed by atoms with Gasteiger partial charge in [-0.1, -0.05) is 72.8 Å². The van der Waals surface area contributed by atoms with Gasteiger partial charge in [0.25, 0.3) is 0 Å². The smallest absolute Gasteiger partial charge is 0.0542 e. The van der Waals surface area contributed by atoms with Gasteiger partial charge in [0.2, 0.25) is 0 Å². The fraction of sp³-hybridized carbons (Fsp3) is 0.0256. The van der Waals surface area contributed by atoms with Crippen LogP contribution in [0.4, 0.5) is 0 Å². The van der Waals surface area contributed by atoms with Crippen molar-refractivity contribution < 1.29 is 0 Å². The lowest BCUT2D eigenvalue weighted by Gasteiger charge is -2.13. The van der Waals surface area contributed by atoms with Crippen molar-refractivity contribution in [1.29, 1.82) is 0 Å². The van der Waals surface area contributed by atoms with E-state index in [2.05, 4.69) is 137 Å². The quantitative estimate of drug-likeness (QED) is 0.239. The Bertz CT molecular complexity index is 2430. The highest BCUT2D eigenvalue weighted by molar-refractivity contribution is 6.17. The SMILES string of the molecule is CC1=C(/C=C\N)c2cc(-n3c4ccccc4c4cc(-n5c6ccccc6c6ccccc65)ccc43)cc3cccc1c23. The molecule has 1 aliphatic carbocycles. The van der Waals surface area contributed by atoms with Gasteiger partial charge in [-0.2, -0.15) is 0 Å². The molecule has 1 aliphatic rings. The monoisotopic (exact) mass is 537 g/mol. The molecule has 0 unspecified atom stereocenters. The number of hydrogen-bond donors (Lipinski definition) is 1. The molecule has 0 aliphatic heterocycles. The molecule has 198 valence electrons. The molecule has 2 aromatic heterocycles. The summed E-state index contributed by atoms with van der Waals surface area (Å²) in [5.41, 5.74) is 18.1. The maximum Gasteiger partial charge on any atom is 0.0542 e. The zero-order valence-corrected chi connectivity index (χ0v) is 23.2. The lowest BCUT2D eigenvalue weighted by molar-refractivity contribution is 1.17. The topological polar surface area (TPSA) is 35.9 Å². The van der Waals surface area contributed by atoms with Gasteiger partial charge in [0.15, 0.2) is 0 Å². The summed E-state index contributed by atoms with van der Waals surface area (Å²) >= 11 is 0. The maximum absolute atomic E-state index is 5.92. The number of nitrogens with zero attached hydrogens (tertiary/aromatic N) is 2. The van der Waals surface area contributed by atoms with Gasteiger partial charge in [0.05, 0.1) is 22.1 Å². The maximum atomic E-state index is 5.92. The van der Waals surface area contributed by atoms with Crippen molar-refractivity contribution in [3.8, 4) is 11.4 Å². The van der Waals surface area contributed by atoms with E-state index in [1.54, 1.807) is 6.20 Å². The van der Waals surface area contributed by atoms with Crippen molar-refractivity contribution in [3.05, 3.63) is 145 Å². The Hall–Kier alpha value is -5.54. The number of para-hydroxylation sites is 3. The molecule has 0 saturated carbocycles. The van der Waals surface area contributed by atoms with Gasteiger partial charge in [-0.25, -0.2) is 0 Å². The van der Waals surface area contributed by atoms with Gasteiger partial charge in [-0.3, -0.25) is 0 Å². The molecule has 9 rings (SSSR count). The largest absolute Gasteiger partial charge is 0.405 e.